The van der Waals surface area contributed by atoms with Crippen molar-refractivity contribution >= 4 is 35.1 Å². The Morgan fingerprint density at radius 2 is 2.15 bits per heavy atom. The number of aromatic nitrogens is 1. The van der Waals surface area contributed by atoms with Gasteiger partial charge in [-0.25, -0.2) is 0 Å². The summed E-state index contributed by atoms with van der Waals surface area (Å²) in [5.41, 5.74) is 1.90. The van der Waals surface area contributed by atoms with Gasteiger partial charge in [0.2, 0.25) is 0 Å². The molecular formula is C10H8ClNS. The lowest BCUT2D eigenvalue weighted by Crippen LogP contribution is -1.83. The van der Waals surface area contributed by atoms with Gasteiger partial charge in [0.15, 0.2) is 0 Å². The van der Waals surface area contributed by atoms with Crippen LogP contribution in [0.1, 0.15) is 5.56 Å². The molecule has 0 N–H and O–H groups in total. The lowest BCUT2D eigenvalue weighted by Gasteiger charge is -2.03. The van der Waals surface area contributed by atoms with E-state index in [2.05, 4.69) is 17.6 Å². The fourth-order valence-corrected chi connectivity index (χ4v) is 1.65. The summed E-state index contributed by atoms with van der Waals surface area (Å²) in [5.74, 6) is 0. The molecule has 0 aliphatic rings. The van der Waals surface area contributed by atoms with Gasteiger partial charge in [0.25, 0.3) is 0 Å². The van der Waals surface area contributed by atoms with Gasteiger partial charge in [-0.1, -0.05) is 11.6 Å². The molecule has 66 valence electrons. The first-order chi connectivity index (χ1) is 6.18. The molecule has 1 heterocycles. The van der Waals surface area contributed by atoms with Crippen LogP contribution in [-0.2, 0) is 0 Å². The molecule has 13 heavy (non-hydrogen) atoms. The minimum absolute atomic E-state index is 0.765. The molecule has 1 nitrogen and oxygen atoms in total. The number of rotatable bonds is 0. The highest BCUT2D eigenvalue weighted by atomic mass is 35.5. The maximum absolute atomic E-state index is 6.12. The quantitative estimate of drug-likeness (QED) is 0.656. The van der Waals surface area contributed by atoms with Gasteiger partial charge in [-0.2, -0.15) is 0 Å². The van der Waals surface area contributed by atoms with Crippen LogP contribution in [0.5, 0.6) is 0 Å². The zero-order valence-corrected chi connectivity index (χ0v) is 8.73. The van der Waals surface area contributed by atoms with E-state index in [9.17, 15) is 0 Å². The largest absolute Gasteiger partial charge is 0.256 e. The molecule has 0 amide bonds. The predicted molar refractivity (Wildman–Crippen MR) is 58.7 cm³/mol. The molecule has 1 aromatic heterocycles. The number of hydrogen-bond donors (Lipinski definition) is 1. The van der Waals surface area contributed by atoms with E-state index in [4.69, 9.17) is 11.6 Å². The first kappa shape index (κ1) is 8.85. The summed E-state index contributed by atoms with van der Waals surface area (Å²) in [6.45, 7) is 1.94. The van der Waals surface area contributed by atoms with E-state index in [1.54, 1.807) is 6.20 Å². The summed E-state index contributed by atoms with van der Waals surface area (Å²) in [5, 5.41) is 1.73. The van der Waals surface area contributed by atoms with E-state index in [0.29, 0.717) is 0 Å². The van der Waals surface area contributed by atoms with Crippen molar-refractivity contribution in [3.8, 4) is 0 Å². The second-order valence-corrected chi connectivity index (χ2v) is 3.85. The number of fused-ring (bicyclic) bond motifs is 1. The molecule has 0 saturated carbocycles. The number of benzene rings is 1. The minimum atomic E-state index is 0.765. The van der Waals surface area contributed by atoms with Gasteiger partial charge in [-0.15, -0.1) is 12.6 Å². The Kier molecular flexibility index (Phi) is 2.18. The lowest BCUT2D eigenvalue weighted by atomic mass is 10.2. The standard InChI is InChI=1S/C10H8ClNS/c1-6-5-12-9-3-2-7(13)4-8(9)10(6)11/h2-5,13H,1H3. The van der Waals surface area contributed by atoms with E-state index in [-0.39, 0.29) is 0 Å². The zero-order valence-electron chi connectivity index (χ0n) is 7.08. The van der Waals surface area contributed by atoms with Crippen LogP contribution in [0.4, 0.5) is 0 Å². The summed E-state index contributed by atoms with van der Waals surface area (Å²) in [6.07, 6.45) is 1.78. The predicted octanol–water partition coefficient (Wildman–Crippen LogP) is 3.49. The normalized spacial score (nSPS) is 10.7. The first-order valence-electron chi connectivity index (χ1n) is 3.92. The summed E-state index contributed by atoms with van der Waals surface area (Å²) in [7, 11) is 0. The van der Waals surface area contributed by atoms with Crippen molar-refractivity contribution < 1.29 is 0 Å². The molecule has 0 aliphatic carbocycles. The topological polar surface area (TPSA) is 12.9 Å². The number of pyridine rings is 1. The van der Waals surface area contributed by atoms with Gasteiger partial charge in [0, 0.05) is 16.5 Å². The molecule has 0 fully saturated rings. The molecule has 0 atom stereocenters. The SMILES string of the molecule is Cc1cnc2ccc(S)cc2c1Cl. The molecule has 0 aliphatic heterocycles. The Morgan fingerprint density at radius 3 is 2.92 bits per heavy atom. The van der Waals surface area contributed by atoms with Crippen LogP contribution < -0.4 is 0 Å². The molecular weight excluding hydrogens is 202 g/mol. The van der Waals surface area contributed by atoms with Crippen molar-refractivity contribution in [2.75, 3.05) is 0 Å². The van der Waals surface area contributed by atoms with Crippen LogP contribution in [0, 0.1) is 6.92 Å². The molecule has 0 saturated heterocycles. The first-order valence-corrected chi connectivity index (χ1v) is 4.75. The molecule has 1 aromatic carbocycles. The van der Waals surface area contributed by atoms with Crippen LogP contribution in [0.3, 0.4) is 0 Å². The Morgan fingerprint density at radius 1 is 1.38 bits per heavy atom. The van der Waals surface area contributed by atoms with E-state index < -0.39 is 0 Å². The number of halogens is 1. The summed E-state index contributed by atoms with van der Waals surface area (Å²) >= 11 is 10.4. The third-order valence-corrected chi connectivity index (χ3v) is 2.74. The van der Waals surface area contributed by atoms with E-state index in [0.717, 1.165) is 26.4 Å². The molecule has 2 rings (SSSR count). The van der Waals surface area contributed by atoms with Crippen LogP contribution in [0.25, 0.3) is 10.9 Å². The molecule has 3 heteroatoms. The lowest BCUT2D eigenvalue weighted by molar-refractivity contribution is 1.32. The van der Waals surface area contributed by atoms with Crippen molar-refractivity contribution in [2.24, 2.45) is 0 Å². The van der Waals surface area contributed by atoms with Gasteiger partial charge in [0.1, 0.15) is 0 Å². The minimum Gasteiger partial charge on any atom is -0.256 e. The van der Waals surface area contributed by atoms with Gasteiger partial charge in [-0.3, -0.25) is 4.98 Å². The van der Waals surface area contributed by atoms with E-state index >= 15 is 0 Å². The van der Waals surface area contributed by atoms with Crippen LogP contribution in [-0.4, -0.2) is 4.98 Å². The highest BCUT2D eigenvalue weighted by Crippen LogP contribution is 2.26. The van der Waals surface area contributed by atoms with Crippen LogP contribution >= 0.6 is 24.2 Å². The second-order valence-electron chi connectivity index (χ2n) is 2.96. The van der Waals surface area contributed by atoms with Crippen molar-refractivity contribution in [3.63, 3.8) is 0 Å². The molecule has 0 bridgehead atoms. The summed E-state index contributed by atoms with van der Waals surface area (Å²) < 4.78 is 0. The highest BCUT2D eigenvalue weighted by molar-refractivity contribution is 7.80. The molecule has 0 spiro atoms. The second kappa shape index (κ2) is 3.20. The number of thiol groups is 1. The molecule has 0 radical (unpaired) electrons. The van der Waals surface area contributed by atoms with Crippen molar-refractivity contribution in [2.45, 2.75) is 11.8 Å². The molecule has 2 aromatic rings. The monoisotopic (exact) mass is 209 g/mol. The Balaban J connectivity index is 2.89. The van der Waals surface area contributed by atoms with Crippen molar-refractivity contribution in [3.05, 3.63) is 35.0 Å². The number of nitrogens with zero attached hydrogens (tertiary/aromatic N) is 1. The Bertz CT molecular complexity index is 462. The Hall–Kier alpha value is -0.730. The van der Waals surface area contributed by atoms with Gasteiger partial charge in [-0.05, 0) is 30.7 Å². The fourth-order valence-electron chi connectivity index (χ4n) is 1.25. The van der Waals surface area contributed by atoms with E-state index in [1.165, 1.54) is 0 Å². The maximum atomic E-state index is 6.12. The third-order valence-electron chi connectivity index (χ3n) is 1.96. The van der Waals surface area contributed by atoms with Crippen LogP contribution in [0.2, 0.25) is 5.02 Å². The van der Waals surface area contributed by atoms with Gasteiger partial charge < -0.3 is 0 Å². The molecule has 0 unspecified atom stereocenters. The maximum Gasteiger partial charge on any atom is 0.0717 e. The number of hydrogen-bond acceptors (Lipinski definition) is 2. The Labute approximate surface area is 87.2 Å². The van der Waals surface area contributed by atoms with Crippen molar-refractivity contribution in [1.29, 1.82) is 0 Å². The average molecular weight is 210 g/mol. The van der Waals surface area contributed by atoms with Gasteiger partial charge >= 0.3 is 0 Å². The van der Waals surface area contributed by atoms with E-state index in [1.807, 2.05) is 25.1 Å². The average Bonchev–Trinajstić information content (AvgIpc) is 2.12. The summed E-state index contributed by atoms with van der Waals surface area (Å²) in [6, 6.07) is 5.76. The fraction of sp³-hybridized carbons (Fsp3) is 0.100. The third kappa shape index (κ3) is 1.52. The highest BCUT2D eigenvalue weighted by Gasteiger charge is 2.02. The van der Waals surface area contributed by atoms with Crippen molar-refractivity contribution in [1.82, 2.24) is 4.98 Å². The van der Waals surface area contributed by atoms with Crippen LogP contribution in [0.15, 0.2) is 29.3 Å². The smallest absolute Gasteiger partial charge is 0.0717 e. The number of aryl methyl sites for hydroxylation is 1. The van der Waals surface area contributed by atoms with Gasteiger partial charge in [0.05, 0.1) is 10.5 Å². The zero-order chi connectivity index (χ0) is 9.42. The summed E-state index contributed by atoms with van der Waals surface area (Å²) in [4.78, 5) is 5.17.